The van der Waals surface area contributed by atoms with Crippen molar-refractivity contribution in [2.24, 2.45) is 5.73 Å². The molecular formula is C24H31N5O4. The van der Waals surface area contributed by atoms with Crippen molar-refractivity contribution in [1.82, 2.24) is 15.1 Å². The average Bonchev–Trinajstić information content (AvgIpc) is 3.17. The monoisotopic (exact) mass is 453 g/mol. The first-order chi connectivity index (χ1) is 16.0. The van der Waals surface area contributed by atoms with E-state index in [4.69, 9.17) is 29.7 Å². The quantitative estimate of drug-likeness (QED) is 0.471. The molecule has 0 aliphatic carbocycles. The van der Waals surface area contributed by atoms with Gasteiger partial charge >= 0.3 is 0 Å². The number of anilines is 1. The van der Waals surface area contributed by atoms with Crippen molar-refractivity contribution in [2.75, 3.05) is 31.7 Å². The predicted molar refractivity (Wildman–Crippen MR) is 125 cm³/mol. The van der Waals surface area contributed by atoms with Crippen LogP contribution in [0.1, 0.15) is 29.9 Å². The van der Waals surface area contributed by atoms with Gasteiger partial charge in [-0.1, -0.05) is 17.3 Å². The van der Waals surface area contributed by atoms with Crippen LogP contribution in [0, 0.1) is 20.8 Å². The first kappa shape index (κ1) is 23.2. The molecule has 4 N–H and O–H groups in total. The Morgan fingerprint density at radius 1 is 1.21 bits per heavy atom. The molecule has 1 fully saturated rings. The molecule has 4 rings (SSSR count). The third kappa shape index (κ3) is 5.32. The number of nitrogens with one attached hydrogen (secondary N) is 1. The second-order valence-electron chi connectivity index (χ2n) is 8.33. The molecule has 176 valence electrons. The Kier molecular flexibility index (Phi) is 7.22. The van der Waals surface area contributed by atoms with Gasteiger partial charge in [-0.3, -0.25) is 0 Å². The van der Waals surface area contributed by atoms with Crippen LogP contribution >= 0.6 is 0 Å². The van der Waals surface area contributed by atoms with Gasteiger partial charge in [0.25, 0.3) is 0 Å². The highest BCUT2D eigenvalue weighted by atomic mass is 16.5. The summed E-state index contributed by atoms with van der Waals surface area (Å²) in [5.41, 5.74) is 9.67. The summed E-state index contributed by atoms with van der Waals surface area (Å²) in [6.07, 6.45) is 1.13. The van der Waals surface area contributed by atoms with Crippen LogP contribution in [0.4, 0.5) is 5.82 Å². The van der Waals surface area contributed by atoms with E-state index < -0.39 is 6.10 Å². The number of benzene rings is 1. The Hall–Kier alpha value is -3.01. The Balaban J connectivity index is 1.74. The van der Waals surface area contributed by atoms with Crippen LogP contribution in [0.5, 0.6) is 5.75 Å². The van der Waals surface area contributed by atoms with Crippen molar-refractivity contribution < 1.29 is 19.1 Å². The fourth-order valence-electron chi connectivity index (χ4n) is 3.87. The summed E-state index contributed by atoms with van der Waals surface area (Å²) in [7, 11) is 0. The van der Waals surface area contributed by atoms with Gasteiger partial charge in [-0.05, 0) is 45.7 Å². The molecule has 9 nitrogen and oxygen atoms in total. The van der Waals surface area contributed by atoms with E-state index in [9.17, 15) is 5.11 Å². The molecule has 1 atom stereocenters. The number of aliphatic hydroxyl groups is 1. The fraction of sp³-hybridized carbons (Fsp3) is 0.458. The molecule has 3 heterocycles. The SMILES string of the molecule is Cc1noc(C)c1-c1nc(-c2cccc(OCC(O)CN)c2)nc(NC2CCOCC2)c1C. The Labute approximate surface area is 193 Å². The first-order valence-electron chi connectivity index (χ1n) is 11.2. The molecule has 1 aliphatic heterocycles. The lowest BCUT2D eigenvalue weighted by Crippen LogP contribution is -2.28. The van der Waals surface area contributed by atoms with Crippen LogP contribution in [0.2, 0.25) is 0 Å². The Morgan fingerprint density at radius 3 is 2.70 bits per heavy atom. The summed E-state index contributed by atoms with van der Waals surface area (Å²) in [6.45, 7) is 7.55. The van der Waals surface area contributed by atoms with E-state index >= 15 is 0 Å². The molecule has 9 heteroatoms. The molecule has 0 spiro atoms. The predicted octanol–water partition coefficient (Wildman–Crippen LogP) is 3.01. The number of ether oxygens (including phenoxy) is 2. The van der Waals surface area contributed by atoms with Crippen molar-refractivity contribution in [3.05, 3.63) is 41.3 Å². The van der Waals surface area contributed by atoms with Crippen molar-refractivity contribution in [3.8, 4) is 28.4 Å². The van der Waals surface area contributed by atoms with Crippen molar-refractivity contribution in [3.63, 3.8) is 0 Å². The van der Waals surface area contributed by atoms with Gasteiger partial charge in [-0.25, -0.2) is 9.97 Å². The van der Waals surface area contributed by atoms with Gasteiger partial charge < -0.3 is 30.2 Å². The zero-order valence-electron chi connectivity index (χ0n) is 19.3. The minimum atomic E-state index is -0.717. The number of nitrogens with zero attached hydrogens (tertiary/aromatic N) is 3. The second kappa shape index (κ2) is 10.3. The Morgan fingerprint density at radius 2 is 2.00 bits per heavy atom. The summed E-state index contributed by atoms with van der Waals surface area (Å²) in [4.78, 5) is 9.79. The van der Waals surface area contributed by atoms with E-state index in [1.165, 1.54) is 0 Å². The molecule has 1 saturated heterocycles. The van der Waals surface area contributed by atoms with E-state index in [2.05, 4.69) is 10.5 Å². The number of aliphatic hydroxyl groups excluding tert-OH is 1. The molecular weight excluding hydrogens is 422 g/mol. The van der Waals surface area contributed by atoms with E-state index in [0.717, 1.165) is 60.0 Å². The number of nitrogens with two attached hydrogens (primary N) is 1. The molecule has 0 bridgehead atoms. The van der Waals surface area contributed by atoms with Gasteiger partial charge in [0, 0.05) is 36.9 Å². The van der Waals surface area contributed by atoms with Crippen LogP contribution in [-0.2, 0) is 4.74 Å². The highest BCUT2D eigenvalue weighted by molar-refractivity contribution is 5.74. The molecule has 1 aliphatic rings. The summed E-state index contributed by atoms with van der Waals surface area (Å²) in [5, 5.41) is 17.4. The number of aryl methyl sites for hydroxylation is 2. The normalized spacial score (nSPS) is 15.4. The van der Waals surface area contributed by atoms with Crippen LogP contribution in [0.25, 0.3) is 22.6 Å². The maximum atomic E-state index is 9.72. The third-order valence-corrected chi connectivity index (χ3v) is 5.78. The fourth-order valence-corrected chi connectivity index (χ4v) is 3.87. The first-order valence-corrected chi connectivity index (χ1v) is 11.2. The second-order valence-corrected chi connectivity index (χ2v) is 8.33. The lowest BCUT2D eigenvalue weighted by molar-refractivity contribution is 0.0904. The van der Waals surface area contributed by atoms with Gasteiger partial charge in [-0.15, -0.1) is 0 Å². The van der Waals surface area contributed by atoms with E-state index in [0.29, 0.717) is 17.3 Å². The molecule has 0 amide bonds. The van der Waals surface area contributed by atoms with Gasteiger partial charge in [-0.2, -0.15) is 0 Å². The highest BCUT2D eigenvalue weighted by Gasteiger charge is 2.22. The number of hydrogen-bond donors (Lipinski definition) is 3. The van der Waals surface area contributed by atoms with E-state index in [1.807, 2.05) is 45.0 Å². The molecule has 0 radical (unpaired) electrons. The van der Waals surface area contributed by atoms with Crippen LogP contribution in [0.3, 0.4) is 0 Å². The summed E-state index contributed by atoms with van der Waals surface area (Å²) in [5.74, 6) is 2.67. The van der Waals surface area contributed by atoms with Gasteiger partial charge in [0.2, 0.25) is 0 Å². The lowest BCUT2D eigenvalue weighted by Gasteiger charge is -2.25. The molecule has 0 saturated carbocycles. The van der Waals surface area contributed by atoms with Crippen molar-refractivity contribution >= 4 is 5.82 Å². The summed E-state index contributed by atoms with van der Waals surface area (Å²) >= 11 is 0. The summed E-state index contributed by atoms with van der Waals surface area (Å²) < 4.78 is 16.6. The van der Waals surface area contributed by atoms with E-state index in [-0.39, 0.29) is 19.2 Å². The smallest absolute Gasteiger partial charge is 0.162 e. The Bertz CT molecular complexity index is 1070. The highest BCUT2D eigenvalue weighted by Crippen LogP contribution is 2.34. The van der Waals surface area contributed by atoms with Gasteiger partial charge in [0.05, 0.1) is 17.0 Å². The van der Waals surface area contributed by atoms with Crippen molar-refractivity contribution in [2.45, 2.75) is 45.8 Å². The zero-order chi connectivity index (χ0) is 23.4. The number of hydrogen-bond acceptors (Lipinski definition) is 9. The molecule has 1 aromatic carbocycles. The standard InChI is InChI=1S/C24H31N5O4/c1-14-22(21-15(2)29-33-16(21)3)27-24(28-23(14)26-18-7-9-31-10-8-18)17-5-4-6-20(11-17)32-13-19(30)12-25/h4-6,11,18-19,30H,7-10,12-13,25H2,1-3H3,(H,26,27,28). The number of aromatic nitrogens is 3. The maximum absolute atomic E-state index is 9.72. The van der Waals surface area contributed by atoms with Crippen LogP contribution in [-0.4, -0.2) is 58.7 Å². The van der Waals surface area contributed by atoms with E-state index in [1.54, 1.807) is 0 Å². The molecule has 3 aromatic rings. The molecule has 33 heavy (non-hydrogen) atoms. The van der Waals surface area contributed by atoms with Crippen molar-refractivity contribution in [1.29, 1.82) is 0 Å². The average molecular weight is 454 g/mol. The third-order valence-electron chi connectivity index (χ3n) is 5.78. The van der Waals surface area contributed by atoms with Gasteiger partial charge in [0.1, 0.15) is 30.0 Å². The maximum Gasteiger partial charge on any atom is 0.162 e. The lowest BCUT2D eigenvalue weighted by atomic mass is 10.0. The van der Waals surface area contributed by atoms with Crippen LogP contribution in [0.15, 0.2) is 28.8 Å². The minimum Gasteiger partial charge on any atom is -0.491 e. The van der Waals surface area contributed by atoms with Gasteiger partial charge in [0.15, 0.2) is 5.82 Å². The summed E-state index contributed by atoms with van der Waals surface area (Å²) in [6, 6.07) is 7.79. The number of rotatable bonds is 8. The molecule has 1 unspecified atom stereocenters. The topological polar surface area (TPSA) is 129 Å². The molecule has 2 aromatic heterocycles. The zero-order valence-corrected chi connectivity index (χ0v) is 19.3. The largest absolute Gasteiger partial charge is 0.491 e. The minimum absolute atomic E-state index is 0.121. The van der Waals surface area contributed by atoms with Crippen LogP contribution < -0.4 is 15.8 Å².